The molecule has 3 N–H and O–H groups in total. The number of primary amides is 1. The molecule has 0 saturated heterocycles. The Morgan fingerprint density at radius 2 is 2.18 bits per heavy atom. The van der Waals surface area contributed by atoms with Gasteiger partial charge in [0.25, 0.3) is 0 Å². The highest BCUT2D eigenvalue weighted by Crippen LogP contribution is 2.24. The van der Waals surface area contributed by atoms with Crippen LogP contribution in [0.4, 0.5) is 0 Å². The summed E-state index contributed by atoms with van der Waals surface area (Å²) in [4.78, 5) is 15.2. The predicted molar refractivity (Wildman–Crippen MR) is 67.4 cm³/mol. The average Bonchev–Trinajstić information content (AvgIpc) is 2.35. The minimum absolute atomic E-state index is 0.0916. The van der Waals surface area contributed by atoms with Crippen LogP contribution < -0.4 is 11.1 Å². The van der Waals surface area contributed by atoms with Crippen molar-refractivity contribution in [2.45, 2.75) is 12.5 Å². The van der Waals surface area contributed by atoms with Gasteiger partial charge >= 0.3 is 0 Å². The van der Waals surface area contributed by atoms with Crippen LogP contribution >= 0.6 is 0 Å². The second kappa shape index (κ2) is 4.93. The Labute approximate surface area is 99.8 Å². The summed E-state index contributed by atoms with van der Waals surface area (Å²) in [5.41, 5.74) is 6.26. The Bertz CT molecular complexity index is 534. The molecule has 0 fully saturated rings. The number of carbonyl (C=O) groups is 1. The van der Waals surface area contributed by atoms with Gasteiger partial charge in [0, 0.05) is 30.2 Å². The second-order valence-electron chi connectivity index (χ2n) is 3.96. The molecule has 0 aliphatic carbocycles. The average molecular weight is 229 g/mol. The Morgan fingerprint density at radius 1 is 1.41 bits per heavy atom. The molecule has 1 heterocycles. The fraction of sp³-hybridized carbons (Fsp3) is 0.231. The van der Waals surface area contributed by atoms with Gasteiger partial charge in [-0.05, 0) is 18.0 Å². The highest BCUT2D eigenvalue weighted by molar-refractivity contribution is 5.86. The summed E-state index contributed by atoms with van der Waals surface area (Å²) in [5, 5.41) is 5.27. The monoisotopic (exact) mass is 229 g/mol. The van der Waals surface area contributed by atoms with Gasteiger partial charge in [-0.2, -0.15) is 0 Å². The van der Waals surface area contributed by atoms with E-state index in [4.69, 9.17) is 5.73 Å². The minimum atomic E-state index is -0.322. The molecule has 0 bridgehead atoms. The first kappa shape index (κ1) is 11.5. The fourth-order valence-electron chi connectivity index (χ4n) is 1.99. The lowest BCUT2D eigenvalue weighted by Crippen LogP contribution is -2.24. The lowest BCUT2D eigenvalue weighted by atomic mass is 9.99. The largest absolute Gasteiger partial charge is 0.370 e. The number of hydrogen-bond donors (Lipinski definition) is 2. The summed E-state index contributed by atoms with van der Waals surface area (Å²) in [6.07, 6.45) is 3.87. The highest BCUT2D eigenvalue weighted by Gasteiger charge is 2.14. The van der Waals surface area contributed by atoms with Crippen molar-refractivity contribution >= 4 is 16.7 Å². The van der Waals surface area contributed by atoms with Crippen molar-refractivity contribution in [2.24, 2.45) is 5.73 Å². The Balaban J connectivity index is 2.49. The molecule has 0 radical (unpaired) electrons. The summed E-state index contributed by atoms with van der Waals surface area (Å²) in [6, 6.07) is 7.88. The molecular weight excluding hydrogens is 214 g/mol. The quantitative estimate of drug-likeness (QED) is 0.832. The van der Waals surface area contributed by atoms with Crippen LogP contribution in [-0.4, -0.2) is 17.9 Å². The topological polar surface area (TPSA) is 68.0 Å². The molecule has 88 valence electrons. The van der Waals surface area contributed by atoms with Gasteiger partial charge in [0.2, 0.25) is 5.91 Å². The minimum Gasteiger partial charge on any atom is -0.370 e. The van der Waals surface area contributed by atoms with Crippen LogP contribution in [0.3, 0.4) is 0 Å². The molecule has 0 saturated carbocycles. The number of benzene rings is 1. The van der Waals surface area contributed by atoms with Gasteiger partial charge in [-0.15, -0.1) is 0 Å². The van der Waals surface area contributed by atoms with Crippen LogP contribution in [0, 0.1) is 0 Å². The smallest absolute Gasteiger partial charge is 0.219 e. The van der Waals surface area contributed by atoms with Crippen LogP contribution in [0.25, 0.3) is 10.8 Å². The zero-order valence-corrected chi connectivity index (χ0v) is 9.68. The molecule has 1 aromatic heterocycles. The molecule has 4 heteroatoms. The van der Waals surface area contributed by atoms with Crippen molar-refractivity contribution in [3.63, 3.8) is 0 Å². The van der Waals surface area contributed by atoms with Gasteiger partial charge in [0.15, 0.2) is 0 Å². The molecule has 1 unspecified atom stereocenters. The number of fused-ring (bicyclic) bond motifs is 1. The molecular formula is C13H15N3O. The highest BCUT2D eigenvalue weighted by atomic mass is 16.1. The summed E-state index contributed by atoms with van der Waals surface area (Å²) >= 11 is 0. The number of pyridine rings is 1. The maximum Gasteiger partial charge on any atom is 0.219 e. The standard InChI is InChI=1S/C13H15N3O/c1-15-12(6-13(14)17)11-8-16-7-9-4-2-3-5-10(9)11/h2-5,7-8,12,15H,6H2,1H3,(H2,14,17). The first-order valence-electron chi connectivity index (χ1n) is 5.50. The van der Waals surface area contributed by atoms with Crippen molar-refractivity contribution in [2.75, 3.05) is 7.05 Å². The van der Waals surface area contributed by atoms with Gasteiger partial charge in [-0.1, -0.05) is 24.3 Å². The SMILES string of the molecule is CNC(CC(N)=O)c1cncc2ccccc12. The Morgan fingerprint density at radius 3 is 2.88 bits per heavy atom. The first-order valence-corrected chi connectivity index (χ1v) is 5.50. The van der Waals surface area contributed by atoms with Crippen LogP contribution in [0.2, 0.25) is 0 Å². The van der Waals surface area contributed by atoms with E-state index in [1.807, 2.05) is 37.5 Å². The molecule has 1 atom stereocenters. The summed E-state index contributed by atoms with van der Waals surface area (Å²) in [7, 11) is 1.81. The molecule has 0 aliphatic rings. The molecule has 0 spiro atoms. The van der Waals surface area contributed by atoms with Crippen molar-refractivity contribution in [3.05, 3.63) is 42.2 Å². The van der Waals surface area contributed by atoms with E-state index in [0.717, 1.165) is 16.3 Å². The van der Waals surface area contributed by atoms with Crippen LogP contribution in [0.1, 0.15) is 18.0 Å². The van der Waals surface area contributed by atoms with Gasteiger partial charge < -0.3 is 11.1 Å². The normalized spacial score (nSPS) is 12.5. The third kappa shape index (κ3) is 2.42. The number of nitrogens with two attached hydrogens (primary N) is 1. The number of aromatic nitrogens is 1. The first-order chi connectivity index (χ1) is 8.22. The van der Waals surface area contributed by atoms with E-state index in [-0.39, 0.29) is 18.4 Å². The van der Waals surface area contributed by atoms with Crippen molar-refractivity contribution in [1.29, 1.82) is 0 Å². The van der Waals surface area contributed by atoms with Crippen LogP contribution in [0.15, 0.2) is 36.7 Å². The van der Waals surface area contributed by atoms with E-state index in [1.54, 1.807) is 6.20 Å². The van der Waals surface area contributed by atoms with Gasteiger partial charge in [-0.3, -0.25) is 9.78 Å². The number of nitrogens with zero attached hydrogens (tertiary/aromatic N) is 1. The van der Waals surface area contributed by atoms with E-state index in [2.05, 4.69) is 10.3 Å². The molecule has 1 amide bonds. The number of amides is 1. The van der Waals surface area contributed by atoms with Crippen LogP contribution in [-0.2, 0) is 4.79 Å². The third-order valence-corrected chi connectivity index (χ3v) is 2.83. The van der Waals surface area contributed by atoms with Crippen molar-refractivity contribution < 1.29 is 4.79 Å². The van der Waals surface area contributed by atoms with Crippen molar-refractivity contribution in [3.8, 4) is 0 Å². The molecule has 0 aliphatic heterocycles. The third-order valence-electron chi connectivity index (χ3n) is 2.83. The maximum atomic E-state index is 11.0. The van der Waals surface area contributed by atoms with Gasteiger partial charge in [-0.25, -0.2) is 0 Å². The Hall–Kier alpha value is -1.94. The van der Waals surface area contributed by atoms with Gasteiger partial charge in [0.05, 0.1) is 0 Å². The van der Waals surface area contributed by atoms with Crippen molar-refractivity contribution in [1.82, 2.24) is 10.3 Å². The molecule has 2 aromatic rings. The summed E-state index contributed by atoms with van der Waals surface area (Å²) in [5.74, 6) is -0.322. The number of hydrogen-bond acceptors (Lipinski definition) is 3. The zero-order chi connectivity index (χ0) is 12.3. The van der Waals surface area contributed by atoms with Gasteiger partial charge in [0.1, 0.15) is 0 Å². The zero-order valence-electron chi connectivity index (χ0n) is 9.68. The lowest BCUT2D eigenvalue weighted by Gasteiger charge is -2.16. The predicted octanol–water partition coefficient (Wildman–Crippen LogP) is 1.37. The number of nitrogens with one attached hydrogen (secondary N) is 1. The summed E-state index contributed by atoms with van der Waals surface area (Å²) < 4.78 is 0. The fourth-order valence-corrected chi connectivity index (χ4v) is 1.99. The lowest BCUT2D eigenvalue weighted by molar-refractivity contribution is -0.118. The maximum absolute atomic E-state index is 11.0. The molecule has 17 heavy (non-hydrogen) atoms. The van der Waals surface area contributed by atoms with E-state index < -0.39 is 0 Å². The second-order valence-corrected chi connectivity index (χ2v) is 3.96. The molecule has 2 rings (SSSR count). The molecule has 4 nitrogen and oxygen atoms in total. The van der Waals surface area contributed by atoms with E-state index in [1.165, 1.54) is 0 Å². The van der Waals surface area contributed by atoms with E-state index >= 15 is 0 Å². The van der Waals surface area contributed by atoms with E-state index in [0.29, 0.717) is 0 Å². The van der Waals surface area contributed by atoms with Crippen LogP contribution in [0.5, 0.6) is 0 Å². The molecule has 1 aromatic carbocycles. The number of rotatable bonds is 4. The Kier molecular flexibility index (Phi) is 3.35. The summed E-state index contributed by atoms with van der Waals surface area (Å²) in [6.45, 7) is 0. The number of carbonyl (C=O) groups excluding carboxylic acids is 1. The van der Waals surface area contributed by atoms with E-state index in [9.17, 15) is 4.79 Å².